The molecule has 0 aliphatic carbocycles. The van der Waals surface area contributed by atoms with Crippen molar-refractivity contribution in [2.75, 3.05) is 7.11 Å². The SMILES string of the molecule is COc1cccc(-n2c(=O)c(Cc3c(F)cccc3Cl)nn(CC(N)c3ccccc3)c2=O)c1Cl. The first-order valence-electron chi connectivity index (χ1n) is 10.6. The van der Waals surface area contributed by atoms with Gasteiger partial charge in [-0.25, -0.2) is 18.4 Å². The molecule has 0 bridgehead atoms. The second kappa shape index (κ2) is 10.4. The predicted octanol–water partition coefficient (Wildman–Crippen LogP) is 4.14. The lowest BCUT2D eigenvalue weighted by Gasteiger charge is -2.17. The van der Waals surface area contributed by atoms with Crippen LogP contribution in [0.5, 0.6) is 5.75 Å². The highest BCUT2D eigenvalue weighted by atomic mass is 35.5. The van der Waals surface area contributed by atoms with E-state index in [4.69, 9.17) is 33.7 Å². The van der Waals surface area contributed by atoms with E-state index in [2.05, 4.69) is 5.10 Å². The highest BCUT2D eigenvalue weighted by molar-refractivity contribution is 6.33. The molecule has 1 aromatic heterocycles. The quantitative estimate of drug-likeness (QED) is 0.400. The van der Waals surface area contributed by atoms with Gasteiger partial charge >= 0.3 is 5.69 Å². The number of nitrogens with zero attached hydrogens (tertiary/aromatic N) is 3. The van der Waals surface area contributed by atoms with Crippen molar-refractivity contribution in [2.45, 2.75) is 19.0 Å². The molecule has 0 radical (unpaired) electrons. The topological polar surface area (TPSA) is 92.1 Å². The van der Waals surface area contributed by atoms with E-state index in [9.17, 15) is 14.0 Å². The highest BCUT2D eigenvalue weighted by Gasteiger charge is 2.21. The van der Waals surface area contributed by atoms with Gasteiger partial charge in [0.15, 0.2) is 0 Å². The molecule has 0 aliphatic rings. The first kappa shape index (κ1) is 24.7. The van der Waals surface area contributed by atoms with Crippen LogP contribution in [0.15, 0.2) is 76.3 Å². The first-order chi connectivity index (χ1) is 16.8. The fraction of sp³-hybridized carbons (Fsp3) is 0.160. The summed E-state index contributed by atoms with van der Waals surface area (Å²) in [4.78, 5) is 26.9. The lowest BCUT2D eigenvalue weighted by Crippen LogP contribution is -2.44. The van der Waals surface area contributed by atoms with Crippen LogP contribution in [0.25, 0.3) is 5.69 Å². The number of halogens is 3. The lowest BCUT2D eigenvalue weighted by atomic mass is 10.1. The van der Waals surface area contributed by atoms with E-state index in [1.54, 1.807) is 12.1 Å². The zero-order chi connectivity index (χ0) is 25.1. The Balaban J connectivity index is 1.92. The van der Waals surface area contributed by atoms with Crippen LogP contribution in [0.2, 0.25) is 10.0 Å². The van der Waals surface area contributed by atoms with Crippen molar-refractivity contribution in [2.24, 2.45) is 5.73 Å². The van der Waals surface area contributed by atoms with E-state index in [0.717, 1.165) is 14.8 Å². The van der Waals surface area contributed by atoms with Crippen molar-refractivity contribution in [1.82, 2.24) is 14.3 Å². The van der Waals surface area contributed by atoms with E-state index >= 15 is 0 Å². The van der Waals surface area contributed by atoms with E-state index in [-0.39, 0.29) is 45.7 Å². The van der Waals surface area contributed by atoms with Gasteiger partial charge in [0, 0.05) is 23.0 Å². The Kier molecular flexibility index (Phi) is 7.35. The van der Waals surface area contributed by atoms with Crippen LogP contribution < -0.4 is 21.7 Å². The lowest BCUT2D eigenvalue weighted by molar-refractivity contribution is 0.414. The Bertz CT molecular complexity index is 1470. The van der Waals surface area contributed by atoms with Gasteiger partial charge in [0.25, 0.3) is 5.56 Å². The Morgan fingerprint density at radius 1 is 1.03 bits per heavy atom. The molecule has 1 atom stereocenters. The maximum Gasteiger partial charge on any atom is 0.352 e. The van der Waals surface area contributed by atoms with Crippen LogP contribution in [-0.2, 0) is 13.0 Å². The van der Waals surface area contributed by atoms with Gasteiger partial charge in [-0.05, 0) is 29.8 Å². The van der Waals surface area contributed by atoms with Crippen molar-refractivity contribution in [3.63, 3.8) is 0 Å². The smallest absolute Gasteiger partial charge is 0.352 e. The van der Waals surface area contributed by atoms with Gasteiger partial charge in [0.05, 0.1) is 19.3 Å². The molecule has 4 aromatic rings. The minimum Gasteiger partial charge on any atom is -0.495 e. The fourth-order valence-corrected chi connectivity index (χ4v) is 4.21. The first-order valence-corrected chi connectivity index (χ1v) is 11.4. The van der Waals surface area contributed by atoms with Gasteiger partial charge in [-0.2, -0.15) is 5.10 Å². The molecule has 1 unspecified atom stereocenters. The molecular weight excluding hydrogens is 494 g/mol. The molecule has 1 heterocycles. The Hall–Kier alpha value is -3.46. The number of rotatable bonds is 7. The van der Waals surface area contributed by atoms with E-state index in [1.807, 2.05) is 30.3 Å². The maximum absolute atomic E-state index is 14.5. The standard InChI is InChI=1S/C25H21Cl2FN4O3/c1-35-22-12-6-11-21(23(22)27)32-24(33)20(13-16-17(26)9-5-10-18(16)28)30-31(25(32)34)14-19(29)15-7-3-2-4-8-15/h2-12,19H,13-14,29H2,1H3. The van der Waals surface area contributed by atoms with Gasteiger partial charge in [0.2, 0.25) is 0 Å². The average Bonchev–Trinajstić information content (AvgIpc) is 2.85. The molecule has 0 saturated carbocycles. The van der Waals surface area contributed by atoms with Crippen molar-refractivity contribution in [3.05, 3.63) is 120 Å². The van der Waals surface area contributed by atoms with E-state index in [1.165, 1.54) is 31.4 Å². The summed E-state index contributed by atoms with van der Waals surface area (Å²) in [5.74, 6) is -0.318. The van der Waals surface area contributed by atoms with Gasteiger partial charge in [-0.3, -0.25) is 4.79 Å². The predicted molar refractivity (Wildman–Crippen MR) is 133 cm³/mol. The fourth-order valence-electron chi connectivity index (χ4n) is 3.70. The summed E-state index contributed by atoms with van der Waals surface area (Å²) in [5.41, 5.74) is 5.69. The zero-order valence-corrected chi connectivity index (χ0v) is 20.1. The molecular formula is C25H21Cl2FN4O3. The normalized spacial score (nSPS) is 11.9. The number of benzene rings is 3. The summed E-state index contributed by atoms with van der Waals surface area (Å²) < 4.78 is 21.7. The average molecular weight is 515 g/mol. The van der Waals surface area contributed by atoms with Crippen molar-refractivity contribution in [1.29, 1.82) is 0 Å². The molecule has 4 rings (SSSR count). The summed E-state index contributed by atoms with van der Waals surface area (Å²) in [6.07, 6.45) is -0.243. The summed E-state index contributed by atoms with van der Waals surface area (Å²) in [7, 11) is 1.42. The molecule has 35 heavy (non-hydrogen) atoms. The Labute approximate surface area is 210 Å². The van der Waals surface area contributed by atoms with Crippen LogP contribution >= 0.6 is 23.2 Å². The summed E-state index contributed by atoms with van der Waals surface area (Å²) in [6.45, 7) is -0.0390. The van der Waals surface area contributed by atoms with Gasteiger partial charge < -0.3 is 10.5 Å². The highest BCUT2D eigenvalue weighted by Crippen LogP contribution is 2.29. The molecule has 0 aliphatic heterocycles. The molecule has 0 amide bonds. The minimum absolute atomic E-state index is 0.0390. The molecule has 3 aromatic carbocycles. The molecule has 10 heteroatoms. The molecule has 2 N–H and O–H groups in total. The third kappa shape index (κ3) is 5.00. The number of methoxy groups -OCH3 is 1. The van der Waals surface area contributed by atoms with Gasteiger partial charge in [0.1, 0.15) is 22.3 Å². The summed E-state index contributed by atoms with van der Waals surface area (Å²) in [5, 5.41) is 4.46. The maximum atomic E-state index is 14.5. The van der Waals surface area contributed by atoms with Crippen LogP contribution in [-0.4, -0.2) is 21.5 Å². The van der Waals surface area contributed by atoms with Crippen LogP contribution in [0.3, 0.4) is 0 Å². The summed E-state index contributed by atoms with van der Waals surface area (Å²) in [6, 6.07) is 17.5. The van der Waals surface area contributed by atoms with Gasteiger partial charge in [-0.1, -0.05) is 65.7 Å². The largest absolute Gasteiger partial charge is 0.495 e. The number of hydrogen-bond acceptors (Lipinski definition) is 5. The third-order valence-electron chi connectivity index (χ3n) is 5.51. The monoisotopic (exact) mass is 514 g/mol. The number of nitrogens with two attached hydrogens (primary N) is 1. The van der Waals surface area contributed by atoms with Crippen LogP contribution in [0.4, 0.5) is 4.39 Å². The second-order valence-corrected chi connectivity index (χ2v) is 8.52. The van der Waals surface area contributed by atoms with Crippen molar-refractivity contribution >= 4 is 23.2 Å². The van der Waals surface area contributed by atoms with E-state index in [0.29, 0.717) is 0 Å². The van der Waals surface area contributed by atoms with Crippen molar-refractivity contribution in [3.8, 4) is 11.4 Å². The molecule has 7 nitrogen and oxygen atoms in total. The number of aromatic nitrogens is 3. The molecule has 0 fully saturated rings. The van der Waals surface area contributed by atoms with Gasteiger partial charge in [-0.15, -0.1) is 0 Å². The molecule has 0 spiro atoms. The Morgan fingerprint density at radius 3 is 2.43 bits per heavy atom. The zero-order valence-electron chi connectivity index (χ0n) is 18.6. The third-order valence-corrected chi connectivity index (χ3v) is 6.24. The van der Waals surface area contributed by atoms with Crippen molar-refractivity contribution < 1.29 is 9.13 Å². The Morgan fingerprint density at radius 2 is 1.74 bits per heavy atom. The minimum atomic E-state index is -0.756. The van der Waals surface area contributed by atoms with Crippen LogP contribution in [0, 0.1) is 5.82 Å². The second-order valence-electron chi connectivity index (χ2n) is 7.74. The number of hydrogen-bond donors (Lipinski definition) is 1. The summed E-state index contributed by atoms with van der Waals surface area (Å²) >= 11 is 12.6. The van der Waals surface area contributed by atoms with E-state index < -0.39 is 23.1 Å². The molecule has 0 saturated heterocycles. The molecule has 180 valence electrons. The van der Waals surface area contributed by atoms with Crippen LogP contribution in [0.1, 0.15) is 22.9 Å². The number of ether oxygens (including phenoxy) is 1.